The fraction of sp³-hybridized carbons (Fsp3) is 0.214. The van der Waals surface area contributed by atoms with Crippen molar-refractivity contribution in [3.8, 4) is 11.1 Å². The largest absolute Gasteiger partial charge is 0.478 e. The number of nitrogens with zero attached hydrogens (tertiary/aromatic N) is 2. The molecular formula is C28H30Cl2N6O4. The van der Waals surface area contributed by atoms with E-state index in [9.17, 15) is 19.5 Å². The number of urea groups is 1. The highest BCUT2D eigenvalue weighted by molar-refractivity contribution is 6.42. The van der Waals surface area contributed by atoms with Gasteiger partial charge in [0.2, 0.25) is 11.6 Å². The van der Waals surface area contributed by atoms with Crippen molar-refractivity contribution < 1.29 is 19.5 Å². The fourth-order valence-electron chi connectivity index (χ4n) is 4.22. The van der Waals surface area contributed by atoms with Crippen molar-refractivity contribution in [3.63, 3.8) is 0 Å². The molecule has 12 heteroatoms. The van der Waals surface area contributed by atoms with Gasteiger partial charge in [0.05, 0.1) is 15.7 Å². The Morgan fingerprint density at radius 2 is 1.65 bits per heavy atom. The average molecular weight is 585 g/mol. The second-order valence-corrected chi connectivity index (χ2v) is 9.69. The number of benzene rings is 3. The van der Waals surface area contributed by atoms with Gasteiger partial charge in [0, 0.05) is 25.6 Å². The lowest BCUT2D eigenvalue weighted by atomic mass is 10.00. The first-order chi connectivity index (χ1) is 19.0. The molecule has 210 valence electrons. The summed E-state index contributed by atoms with van der Waals surface area (Å²) in [6.07, 6.45) is -0.0655. The van der Waals surface area contributed by atoms with Gasteiger partial charge in [-0.3, -0.25) is 15.1 Å². The maximum absolute atomic E-state index is 13.7. The van der Waals surface area contributed by atoms with Crippen LogP contribution in [-0.2, 0) is 16.1 Å². The summed E-state index contributed by atoms with van der Waals surface area (Å²) in [5, 5.41) is 16.7. The van der Waals surface area contributed by atoms with E-state index in [4.69, 9.17) is 34.7 Å². The summed E-state index contributed by atoms with van der Waals surface area (Å²) in [5.41, 5.74) is 11.2. The molecule has 3 rings (SSSR count). The van der Waals surface area contributed by atoms with Crippen molar-refractivity contribution in [1.29, 1.82) is 0 Å². The maximum Gasteiger partial charge on any atom is 0.345 e. The Morgan fingerprint density at radius 1 is 0.975 bits per heavy atom. The summed E-state index contributed by atoms with van der Waals surface area (Å²) >= 11 is 12.1. The minimum absolute atomic E-state index is 0.0524. The zero-order chi connectivity index (χ0) is 29.3. The van der Waals surface area contributed by atoms with E-state index in [0.717, 1.165) is 12.5 Å². The van der Waals surface area contributed by atoms with Gasteiger partial charge in [-0.05, 0) is 42.2 Å². The highest BCUT2D eigenvalue weighted by Gasteiger charge is 2.48. The zero-order valence-corrected chi connectivity index (χ0v) is 23.2. The lowest BCUT2D eigenvalue weighted by Crippen LogP contribution is -2.67. The van der Waals surface area contributed by atoms with Crippen molar-refractivity contribution in [2.75, 3.05) is 11.9 Å². The number of carboxylic acid groups (broad SMARTS) is 1. The quantitative estimate of drug-likeness (QED) is 0.0945. The van der Waals surface area contributed by atoms with Gasteiger partial charge in [0.15, 0.2) is 5.96 Å². The van der Waals surface area contributed by atoms with Crippen LogP contribution in [0.15, 0.2) is 77.8 Å². The molecule has 1 atom stereocenters. The van der Waals surface area contributed by atoms with Crippen LogP contribution in [0.5, 0.6) is 0 Å². The van der Waals surface area contributed by atoms with Crippen LogP contribution in [0.25, 0.3) is 11.1 Å². The van der Waals surface area contributed by atoms with E-state index in [1.165, 1.54) is 0 Å². The molecule has 0 aliphatic heterocycles. The number of imide groups is 1. The molecule has 0 radical (unpaired) electrons. The summed E-state index contributed by atoms with van der Waals surface area (Å²) in [7, 11) is 0. The number of aliphatic carboxylic acids is 1. The van der Waals surface area contributed by atoms with Gasteiger partial charge < -0.3 is 21.9 Å². The zero-order valence-electron chi connectivity index (χ0n) is 21.7. The number of hydrogen-bond acceptors (Lipinski definition) is 5. The van der Waals surface area contributed by atoms with Crippen LogP contribution in [0.2, 0.25) is 10.0 Å². The van der Waals surface area contributed by atoms with Crippen molar-refractivity contribution in [2.24, 2.45) is 16.5 Å². The Morgan fingerprint density at radius 3 is 2.27 bits per heavy atom. The van der Waals surface area contributed by atoms with Crippen LogP contribution < -0.4 is 22.1 Å². The van der Waals surface area contributed by atoms with E-state index >= 15 is 0 Å². The highest BCUT2D eigenvalue weighted by atomic mass is 35.5. The van der Waals surface area contributed by atoms with Gasteiger partial charge in [-0.25, -0.2) is 14.5 Å². The molecular weight excluding hydrogens is 555 g/mol. The number of nitrogens with two attached hydrogens (primary N) is 2. The molecule has 0 aliphatic carbocycles. The number of halogens is 2. The summed E-state index contributed by atoms with van der Waals surface area (Å²) in [6, 6.07) is 20.2. The number of anilines is 1. The standard InChI is InChI=1S/C28H30Cl2N6O4/c1-18(37)36(27(40)35-24-11-6-5-10-21(24)20-8-3-2-4-9-20)28(25(38)39,14-7-15-33-26(31)32)34-17-19-12-13-22(29)23(30)16-19/h2-6,8-13,16,34H,7,14-15,17H2,1H3,(H,35,40)(H,38,39)(H4,31,32,33)/t28-/m0/s1. The fourth-order valence-corrected chi connectivity index (χ4v) is 4.54. The summed E-state index contributed by atoms with van der Waals surface area (Å²) in [6.45, 7) is 1.15. The lowest BCUT2D eigenvalue weighted by molar-refractivity contribution is -0.158. The smallest absolute Gasteiger partial charge is 0.345 e. The van der Waals surface area contributed by atoms with E-state index < -0.39 is 23.6 Å². The van der Waals surface area contributed by atoms with Gasteiger partial charge in [-0.2, -0.15) is 0 Å². The third kappa shape index (κ3) is 7.50. The van der Waals surface area contributed by atoms with E-state index in [0.29, 0.717) is 26.7 Å². The van der Waals surface area contributed by atoms with Gasteiger partial charge in [0.1, 0.15) is 0 Å². The predicted octanol–water partition coefficient (Wildman–Crippen LogP) is 4.67. The summed E-state index contributed by atoms with van der Waals surface area (Å²) in [5.74, 6) is -2.40. The molecule has 0 fully saturated rings. The SMILES string of the molecule is CC(=O)N(C(=O)Nc1ccccc1-c1ccccc1)[C@](CCCN=C(N)N)(NCc1ccc(Cl)c(Cl)c1)C(=O)O. The number of nitrogens with one attached hydrogen (secondary N) is 2. The molecule has 0 heterocycles. The molecule has 0 bridgehead atoms. The third-order valence-corrected chi connectivity index (χ3v) is 6.81. The van der Waals surface area contributed by atoms with Crippen LogP contribution in [0.4, 0.5) is 10.5 Å². The van der Waals surface area contributed by atoms with Gasteiger partial charge in [-0.1, -0.05) is 77.8 Å². The Hall–Kier alpha value is -4.12. The van der Waals surface area contributed by atoms with Gasteiger partial charge >= 0.3 is 12.0 Å². The number of aliphatic imine (C=N–C) groups is 1. The van der Waals surface area contributed by atoms with Crippen LogP contribution in [0, 0.1) is 0 Å². The molecule has 40 heavy (non-hydrogen) atoms. The molecule has 0 unspecified atom stereocenters. The van der Waals surface area contributed by atoms with Crippen molar-refractivity contribution in [3.05, 3.63) is 88.4 Å². The molecule has 0 saturated carbocycles. The van der Waals surface area contributed by atoms with E-state index in [2.05, 4.69) is 15.6 Å². The number of carbonyl (C=O) groups excluding carboxylic acids is 2. The van der Waals surface area contributed by atoms with E-state index in [1.807, 2.05) is 42.5 Å². The predicted molar refractivity (Wildman–Crippen MR) is 157 cm³/mol. The number of para-hydroxylation sites is 1. The average Bonchev–Trinajstić information content (AvgIpc) is 2.91. The normalized spacial score (nSPS) is 12.2. The van der Waals surface area contributed by atoms with Crippen LogP contribution in [0.1, 0.15) is 25.3 Å². The van der Waals surface area contributed by atoms with Crippen molar-refractivity contribution in [2.45, 2.75) is 32.0 Å². The number of hydrogen-bond donors (Lipinski definition) is 5. The Labute approximate surface area is 242 Å². The van der Waals surface area contributed by atoms with Crippen molar-refractivity contribution >= 4 is 52.8 Å². The maximum atomic E-state index is 13.7. The minimum atomic E-state index is -2.16. The molecule has 3 aromatic rings. The summed E-state index contributed by atoms with van der Waals surface area (Å²) in [4.78, 5) is 44.2. The number of guanidine groups is 1. The van der Waals surface area contributed by atoms with Crippen LogP contribution in [0.3, 0.4) is 0 Å². The number of carbonyl (C=O) groups is 3. The Balaban J connectivity index is 2.01. The monoisotopic (exact) mass is 584 g/mol. The second kappa shape index (κ2) is 13.8. The number of carboxylic acids is 1. The lowest BCUT2D eigenvalue weighted by Gasteiger charge is -2.39. The van der Waals surface area contributed by atoms with E-state index in [1.54, 1.807) is 30.3 Å². The molecule has 10 nitrogen and oxygen atoms in total. The minimum Gasteiger partial charge on any atom is -0.478 e. The number of amides is 3. The van der Waals surface area contributed by atoms with Gasteiger partial charge in [0.25, 0.3) is 0 Å². The van der Waals surface area contributed by atoms with Gasteiger partial charge in [-0.15, -0.1) is 0 Å². The molecule has 0 aliphatic rings. The molecule has 0 aromatic heterocycles. The molecule has 3 amide bonds. The topological polar surface area (TPSA) is 163 Å². The van der Waals surface area contributed by atoms with E-state index in [-0.39, 0.29) is 36.9 Å². The third-order valence-electron chi connectivity index (χ3n) is 6.07. The molecule has 0 spiro atoms. The Kier molecular flexibility index (Phi) is 10.5. The first-order valence-corrected chi connectivity index (χ1v) is 13.0. The number of rotatable bonds is 11. The molecule has 7 N–H and O–H groups in total. The van der Waals surface area contributed by atoms with Crippen LogP contribution >= 0.6 is 23.2 Å². The molecule has 3 aromatic carbocycles. The first-order valence-electron chi connectivity index (χ1n) is 12.3. The summed E-state index contributed by atoms with van der Waals surface area (Å²) < 4.78 is 0. The second-order valence-electron chi connectivity index (χ2n) is 8.87. The first kappa shape index (κ1) is 30.4. The highest BCUT2D eigenvalue weighted by Crippen LogP contribution is 2.30. The Bertz CT molecular complexity index is 1400. The molecule has 0 saturated heterocycles. The van der Waals surface area contributed by atoms with Crippen LogP contribution in [-0.4, -0.2) is 46.1 Å². The van der Waals surface area contributed by atoms with Crippen molar-refractivity contribution in [1.82, 2.24) is 10.2 Å².